The second-order valence-corrected chi connectivity index (χ2v) is 26.3. The Morgan fingerprint density at radius 3 is 1.21 bits per heavy atom. The number of phenols is 1. The van der Waals surface area contributed by atoms with E-state index in [-0.39, 0.29) is 22.9 Å². The van der Waals surface area contributed by atoms with E-state index in [4.69, 9.17) is 4.74 Å². The highest BCUT2D eigenvalue weighted by molar-refractivity contribution is 7.99. The molecule has 0 unspecified atom stereocenters. The van der Waals surface area contributed by atoms with Crippen molar-refractivity contribution in [1.29, 1.82) is 0 Å². The molecule has 0 radical (unpaired) electrons. The highest BCUT2D eigenvalue weighted by Crippen LogP contribution is 2.26. The van der Waals surface area contributed by atoms with E-state index in [1.54, 1.807) is 44.2 Å². The van der Waals surface area contributed by atoms with Crippen molar-refractivity contribution in [2.24, 2.45) is 0 Å². The van der Waals surface area contributed by atoms with Crippen LogP contribution in [0.4, 0.5) is 0 Å². The molecule has 0 saturated carbocycles. The van der Waals surface area contributed by atoms with Crippen LogP contribution in [0.3, 0.4) is 0 Å². The third-order valence-electron chi connectivity index (χ3n) is 10.9. The molecule has 0 aromatic heterocycles. The van der Waals surface area contributed by atoms with Crippen LogP contribution in [0, 0.1) is 0 Å². The van der Waals surface area contributed by atoms with Gasteiger partial charge in [-0.3, -0.25) is 4.79 Å². The highest BCUT2D eigenvalue weighted by atomic mass is 32.2. The maximum atomic E-state index is 11.8. The van der Waals surface area contributed by atoms with Gasteiger partial charge in [-0.05, 0) is 147 Å². The molecule has 0 heterocycles. The van der Waals surface area contributed by atoms with Gasteiger partial charge in [0, 0.05) is 36.2 Å². The average Bonchev–Trinajstić information content (AvgIpc) is 3.27. The van der Waals surface area contributed by atoms with Crippen LogP contribution in [0.5, 0.6) is 11.5 Å². The molecule has 5 rings (SSSR count). The van der Waals surface area contributed by atoms with Gasteiger partial charge < -0.3 is 9.84 Å². The lowest BCUT2D eigenvalue weighted by atomic mass is 9.98. The predicted octanol–water partition coefficient (Wildman–Crippen LogP) is 15.6. The summed E-state index contributed by atoms with van der Waals surface area (Å²) >= 11 is 1.92. The molecule has 5 aromatic rings. The molecule has 0 atom stereocenters. The van der Waals surface area contributed by atoms with Crippen LogP contribution in [-0.2, 0) is 31.1 Å². The van der Waals surface area contributed by atoms with Crippen molar-refractivity contribution in [3.05, 3.63) is 149 Å². The Kier molecular flexibility index (Phi) is 27.7. The average molecular weight is 1020 g/mol. The summed E-state index contributed by atoms with van der Waals surface area (Å²) in [6.45, 7) is 34.8. The molecule has 0 fully saturated rings. The van der Waals surface area contributed by atoms with Gasteiger partial charge in [0.2, 0.25) is 10.0 Å². The molecule has 1 N–H and O–H groups in total. The summed E-state index contributed by atoms with van der Waals surface area (Å²) in [7, 11) is -3.34. The maximum Gasteiger partial charge on any atom is 0.242 e. The van der Waals surface area contributed by atoms with Gasteiger partial charge in [0.1, 0.15) is 17.3 Å². The minimum atomic E-state index is -3.29. The van der Waals surface area contributed by atoms with Gasteiger partial charge in [-0.2, -0.15) is 0 Å². The molecule has 11 heteroatoms. The standard InChI is InChI=1S/C12H18O2S.C12H16O2.C12H18O.C12H18S.C11H17NO2S/c1-9(2)11-5-7-12(8-6-11)15(13,14)10(3)4;1-8(2)10-4-5-12(14)11(7-10)6-9(3)13;2*1-9(2)11-5-7-12(8-6-11)13-10(3)4;1-9(2)10-5-7-11(8-6-10)15(13,14)12(3)4/h5-10H,1-4H3;4-5,7-8,14H,6H2,1-3H3;2*5-10H,1-4H3;5-9H,1-4H3. The lowest BCUT2D eigenvalue weighted by Crippen LogP contribution is -2.22. The number of Topliss-reactive ketones (excluding diaryl/α,β-unsaturated/α-hetero) is 1. The Bertz CT molecular complexity index is 2350. The minimum Gasteiger partial charge on any atom is -0.508 e. The number of hydrogen-bond acceptors (Lipinski definition) is 8. The first-order valence-electron chi connectivity index (χ1n) is 24.6. The van der Waals surface area contributed by atoms with Crippen LogP contribution >= 0.6 is 11.8 Å². The first-order valence-corrected chi connectivity index (χ1v) is 28.5. The fraction of sp³-hybridized carbons (Fsp3) is 0.475. The van der Waals surface area contributed by atoms with Crippen molar-refractivity contribution in [2.45, 2.75) is 185 Å². The molecule has 0 aliphatic carbocycles. The third kappa shape index (κ3) is 22.8. The van der Waals surface area contributed by atoms with Crippen molar-refractivity contribution in [3.63, 3.8) is 0 Å². The van der Waals surface area contributed by atoms with E-state index in [0.29, 0.717) is 51.1 Å². The molecule has 5 aromatic carbocycles. The molecule has 0 aliphatic rings. The number of nitrogens with zero attached hydrogens (tertiary/aromatic N) is 1. The third-order valence-corrected chi connectivity index (χ3v) is 15.9. The summed E-state index contributed by atoms with van der Waals surface area (Å²) in [4.78, 5) is 13.1. The Balaban J connectivity index is 0.000000438. The molecule has 0 aliphatic heterocycles. The molecule has 8 nitrogen and oxygen atoms in total. The number of hydrogen-bond donors (Lipinski definition) is 1. The number of ketones is 1. The highest BCUT2D eigenvalue weighted by Gasteiger charge is 2.19. The zero-order valence-corrected chi connectivity index (χ0v) is 48.3. The van der Waals surface area contributed by atoms with E-state index in [1.807, 2.05) is 74.1 Å². The topological polar surface area (TPSA) is 118 Å². The van der Waals surface area contributed by atoms with Gasteiger partial charge >= 0.3 is 0 Å². The fourth-order valence-corrected chi connectivity index (χ4v) is 9.13. The van der Waals surface area contributed by atoms with Crippen LogP contribution in [0.15, 0.2) is 130 Å². The number of rotatable bonds is 15. The van der Waals surface area contributed by atoms with Crippen molar-refractivity contribution in [2.75, 3.05) is 14.1 Å². The van der Waals surface area contributed by atoms with Crippen molar-refractivity contribution in [1.82, 2.24) is 4.31 Å². The van der Waals surface area contributed by atoms with E-state index >= 15 is 0 Å². The summed E-state index contributed by atoms with van der Waals surface area (Å²) in [6, 6.07) is 36.9. The van der Waals surface area contributed by atoms with Gasteiger partial charge in [-0.15, -0.1) is 11.8 Å². The number of carbonyl (C=O) groups excluding carboxylic acids is 1. The SMILES string of the molecule is CC(=O)Cc1cc(C(C)C)ccc1O.CC(C)Oc1ccc(C(C)C)cc1.CC(C)Sc1ccc(C(C)C)cc1.CC(C)c1ccc(S(=O)(=O)C(C)C)cc1.CC(C)c1ccc(S(=O)(=O)N(C)C)cc1. The summed E-state index contributed by atoms with van der Waals surface area (Å²) in [5.74, 6) is 3.74. The Labute approximate surface area is 430 Å². The maximum absolute atomic E-state index is 11.8. The number of sulfonamides is 1. The molecule has 0 saturated heterocycles. The van der Waals surface area contributed by atoms with Crippen molar-refractivity contribution >= 4 is 37.4 Å². The molecule has 0 bridgehead atoms. The predicted molar refractivity (Wildman–Crippen MR) is 299 cm³/mol. The van der Waals surface area contributed by atoms with Crippen LogP contribution in [-0.4, -0.2) is 62.7 Å². The summed E-state index contributed by atoms with van der Waals surface area (Å²) in [5.41, 5.74) is 6.97. The molecule has 0 amide bonds. The second kappa shape index (κ2) is 30.5. The number of aromatic hydroxyl groups is 1. The number of ether oxygens (including phenoxy) is 1. The van der Waals surface area contributed by atoms with E-state index in [0.717, 1.165) is 28.0 Å². The molecular weight excluding hydrogens is 931 g/mol. The van der Waals surface area contributed by atoms with E-state index in [9.17, 15) is 26.7 Å². The second-order valence-electron chi connectivity index (χ2n) is 20.0. The van der Waals surface area contributed by atoms with Gasteiger partial charge in [0.15, 0.2) is 9.84 Å². The van der Waals surface area contributed by atoms with Crippen LogP contribution in [0.2, 0.25) is 0 Å². The minimum absolute atomic E-state index is 0.0706. The van der Waals surface area contributed by atoms with Crippen LogP contribution in [0.25, 0.3) is 0 Å². The van der Waals surface area contributed by atoms with E-state index in [1.165, 1.54) is 41.3 Å². The number of carbonyl (C=O) groups is 1. The zero-order chi connectivity index (χ0) is 53.7. The number of phenolic OH excluding ortho intramolecular Hbond substituents is 1. The lowest BCUT2D eigenvalue weighted by Gasteiger charge is -2.12. The lowest BCUT2D eigenvalue weighted by molar-refractivity contribution is -0.116. The smallest absolute Gasteiger partial charge is 0.242 e. The largest absolute Gasteiger partial charge is 0.508 e. The monoisotopic (exact) mass is 1020 g/mol. The first kappa shape index (κ1) is 63.6. The quantitative estimate of drug-likeness (QED) is 0.103. The number of thioether (sulfide) groups is 1. The summed E-state index contributed by atoms with van der Waals surface area (Å²) in [5, 5.41) is 9.83. The molecule has 0 spiro atoms. The molecular formula is C59H87NO7S3. The van der Waals surface area contributed by atoms with Crippen LogP contribution < -0.4 is 4.74 Å². The van der Waals surface area contributed by atoms with E-state index < -0.39 is 19.9 Å². The Hall–Kier alpha value is -4.42. The number of benzene rings is 5. The van der Waals surface area contributed by atoms with Gasteiger partial charge in [0.25, 0.3) is 0 Å². The molecule has 70 heavy (non-hydrogen) atoms. The zero-order valence-electron chi connectivity index (χ0n) is 45.9. The summed E-state index contributed by atoms with van der Waals surface area (Å²) < 4.78 is 53.9. The van der Waals surface area contributed by atoms with Crippen molar-refractivity contribution in [3.8, 4) is 11.5 Å². The number of sulfone groups is 1. The normalized spacial score (nSPS) is 11.5. The van der Waals surface area contributed by atoms with E-state index in [2.05, 4.69) is 119 Å². The fourth-order valence-electron chi connectivity index (χ4n) is 6.33. The first-order chi connectivity index (χ1) is 32.4. The van der Waals surface area contributed by atoms with Gasteiger partial charge in [-0.1, -0.05) is 144 Å². The molecule has 388 valence electrons. The van der Waals surface area contributed by atoms with Gasteiger partial charge in [0.05, 0.1) is 21.1 Å². The van der Waals surface area contributed by atoms with Crippen molar-refractivity contribution < 1.29 is 31.5 Å². The Morgan fingerprint density at radius 1 is 0.529 bits per heavy atom. The van der Waals surface area contributed by atoms with Crippen LogP contribution in [0.1, 0.15) is 181 Å². The summed E-state index contributed by atoms with van der Waals surface area (Å²) in [6.07, 6.45) is 0.566. The Morgan fingerprint density at radius 2 is 0.886 bits per heavy atom. The van der Waals surface area contributed by atoms with Gasteiger partial charge in [-0.25, -0.2) is 21.1 Å².